The highest BCUT2D eigenvalue weighted by Gasteiger charge is 2.14. The zero-order valence-electron chi connectivity index (χ0n) is 16.5. The van der Waals surface area contributed by atoms with E-state index >= 15 is 0 Å². The van der Waals surface area contributed by atoms with Gasteiger partial charge < -0.3 is 14.5 Å². The molecular formula is C24H17Cl2N3O2. The summed E-state index contributed by atoms with van der Waals surface area (Å²) in [6.07, 6.45) is 1.70. The highest BCUT2D eigenvalue weighted by Crippen LogP contribution is 2.38. The first-order valence-corrected chi connectivity index (χ1v) is 10.1. The summed E-state index contributed by atoms with van der Waals surface area (Å²) in [5, 5.41) is 10.7. The van der Waals surface area contributed by atoms with Gasteiger partial charge in [-0.2, -0.15) is 5.26 Å². The van der Waals surface area contributed by atoms with E-state index in [9.17, 15) is 5.26 Å². The first-order valence-electron chi connectivity index (χ1n) is 9.39. The molecule has 0 aliphatic rings. The van der Waals surface area contributed by atoms with E-state index < -0.39 is 0 Å². The summed E-state index contributed by atoms with van der Waals surface area (Å²) in [4.78, 5) is 7.65. The summed E-state index contributed by atoms with van der Waals surface area (Å²) in [5.41, 5.74) is 3.67. The van der Waals surface area contributed by atoms with Crippen molar-refractivity contribution in [1.82, 2.24) is 9.97 Å². The number of ether oxygens (including phenoxy) is 2. The molecule has 0 atom stereocenters. The Morgan fingerprint density at radius 1 is 1.13 bits per heavy atom. The molecule has 1 aromatic heterocycles. The number of halogens is 2. The van der Waals surface area contributed by atoms with Crippen molar-refractivity contribution in [3.63, 3.8) is 0 Å². The van der Waals surface area contributed by atoms with Crippen molar-refractivity contribution < 1.29 is 9.47 Å². The average molecular weight is 450 g/mol. The predicted molar refractivity (Wildman–Crippen MR) is 123 cm³/mol. The van der Waals surface area contributed by atoms with Crippen molar-refractivity contribution in [2.24, 2.45) is 0 Å². The van der Waals surface area contributed by atoms with E-state index in [-0.39, 0.29) is 0 Å². The Kier molecular flexibility index (Phi) is 6.13. The van der Waals surface area contributed by atoms with Gasteiger partial charge in [-0.1, -0.05) is 47.5 Å². The molecule has 0 amide bonds. The fraction of sp³-hybridized carbons (Fsp3) is 0.0833. The minimum absolute atomic E-state index is 0.310. The Bertz CT molecular complexity index is 1270. The lowest BCUT2D eigenvalue weighted by Gasteiger charge is -2.13. The number of nitriles is 1. The number of imidazole rings is 1. The van der Waals surface area contributed by atoms with E-state index in [0.717, 1.165) is 16.6 Å². The van der Waals surface area contributed by atoms with Crippen molar-refractivity contribution in [3.8, 4) is 17.6 Å². The molecule has 0 aliphatic carbocycles. The van der Waals surface area contributed by atoms with Crippen LogP contribution in [0.1, 0.15) is 17.0 Å². The second-order valence-electron chi connectivity index (χ2n) is 6.72. The summed E-state index contributed by atoms with van der Waals surface area (Å²) >= 11 is 12.4. The number of aromatic nitrogens is 2. The van der Waals surface area contributed by atoms with Gasteiger partial charge in [0.05, 0.1) is 28.7 Å². The average Bonchev–Trinajstić information content (AvgIpc) is 3.21. The summed E-state index contributed by atoms with van der Waals surface area (Å²) in [6, 6.07) is 20.7. The van der Waals surface area contributed by atoms with Crippen LogP contribution in [0.4, 0.5) is 0 Å². The Labute approximate surface area is 189 Å². The van der Waals surface area contributed by atoms with Crippen LogP contribution in [0.2, 0.25) is 10.0 Å². The van der Waals surface area contributed by atoms with Gasteiger partial charge in [-0.3, -0.25) is 0 Å². The number of nitrogens with one attached hydrogen (secondary N) is 1. The van der Waals surface area contributed by atoms with Crippen molar-refractivity contribution in [1.29, 1.82) is 5.26 Å². The largest absolute Gasteiger partial charge is 0.493 e. The molecule has 0 saturated carbocycles. The fourth-order valence-electron chi connectivity index (χ4n) is 3.10. The Morgan fingerprint density at radius 2 is 1.90 bits per heavy atom. The number of hydrogen-bond acceptors (Lipinski definition) is 4. The highest BCUT2D eigenvalue weighted by molar-refractivity contribution is 6.32. The molecule has 154 valence electrons. The SMILES string of the molecule is COc1cc(/C=C(\C#N)c2nc3ccccc3[nH]2)cc(Cl)c1OCc1ccc(Cl)cc1. The number of benzene rings is 3. The van der Waals surface area contributed by atoms with Crippen LogP contribution in [0.15, 0.2) is 60.7 Å². The number of nitrogens with zero attached hydrogens (tertiary/aromatic N) is 2. The topological polar surface area (TPSA) is 70.9 Å². The second-order valence-corrected chi connectivity index (χ2v) is 7.57. The van der Waals surface area contributed by atoms with E-state index in [1.807, 2.05) is 36.4 Å². The maximum atomic E-state index is 9.67. The normalized spacial score (nSPS) is 11.4. The lowest BCUT2D eigenvalue weighted by Crippen LogP contribution is -1.99. The first kappa shape index (κ1) is 20.8. The van der Waals surface area contributed by atoms with Crippen molar-refractivity contribution >= 4 is 45.9 Å². The standard InChI is InChI=1S/C24H17Cl2N3O2/c1-30-22-12-16(10-17(13-27)24-28-20-4-2-3-5-21(20)29-24)11-19(26)23(22)31-14-15-6-8-18(25)9-7-15/h2-12H,14H2,1H3,(H,28,29)/b17-10+. The molecular weight excluding hydrogens is 433 g/mol. The van der Waals surface area contributed by atoms with Crippen LogP contribution in [0.25, 0.3) is 22.7 Å². The van der Waals surface area contributed by atoms with E-state index in [1.165, 1.54) is 0 Å². The molecule has 0 bridgehead atoms. The number of aromatic amines is 1. The zero-order valence-corrected chi connectivity index (χ0v) is 18.0. The summed E-state index contributed by atoms with van der Waals surface area (Å²) in [5.74, 6) is 1.38. The minimum Gasteiger partial charge on any atom is -0.493 e. The first-order chi connectivity index (χ1) is 15.1. The number of para-hydroxylation sites is 2. The number of fused-ring (bicyclic) bond motifs is 1. The summed E-state index contributed by atoms with van der Waals surface area (Å²) < 4.78 is 11.4. The maximum Gasteiger partial charge on any atom is 0.180 e. The van der Waals surface area contributed by atoms with Gasteiger partial charge in [-0.05, 0) is 53.6 Å². The van der Waals surface area contributed by atoms with Crippen LogP contribution < -0.4 is 9.47 Å². The molecule has 0 spiro atoms. The monoisotopic (exact) mass is 449 g/mol. The van der Waals surface area contributed by atoms with Crippen LogP contribution in [0.5, 0.6) is 11.5 Å². The number of methoxy groups -OCH3 is 1. The van der Waals surface area contributed by atoms with Crippen LogP contribution >= 0.6 is 23.2 Å². The van der Waals surface area contributed by atoms with Gasteiger partial charge in [0.15, 0.2) is 11.5 Å². The van der Waals surface area contributed by atoms with E-state index in [1.54, 1.807) is 37.5 Å². The Morgan fingerprint density at radius 3 is 2.61 bits per heavy atom. The second kappa shape index (κ2) is 9.13. The van der Waals surface area contributed by atoms with Crippen LogP contribution in [0.3, 0.4) is 0 Å². The van der Waals surface area contributed by atoms with E-state index in [2.05, 4.69) is 16.0 Å². The fourth-order valence-corrected chi connectivity index (χ4v) is 3.50. The number of H-pyrrole nitrogens is 1. The predicted octanol–water partition coefficient (Wildman–Crippen LogP) is 6.52. The van der Waals surface area contributed by atoms with E-state index in [0.29, 0.717) is 45.1 Å². The van der Waals surface area contributed by atoms with Gasteiger partial charge in [0.25, 0.3) is 0 Å². The number of hydrogen-bond donors (Lipinski definition) is 1. The molecule has 0 radical (unpaired) electrons. The highest BCUT2D eigenvalue weighted by atomic mass is 35.5. The molecule has 7 heteroatoms. The molecule has 0 saturated heterocycles. The molecule has 0 fully saturated rings. The van der Waals surface area contributed by atoms with Gasteiger partial charge in [0, 0.05) is 5.02 Å². The van der Waals surface area contributed by atoms with Crippen LogP contribution in [-0.4, -0.2) is 17.1 Å². The molecule has 4 rings (SSSR count). The molecule has 1 heterocycles. The minimum atomic E-state index is 0.310. The molecule has 3 aromatic carbocycles. The smallest absolute Gasteiger partial charge is 0.180 e. The summed E-state index contributed by atoms with van der Waals surface area (Å²) in [6.45, 7) is 0.310. The van der Waals surface area contributed by atoms with Crippen molar-refractivity contribution in [2.75, 3.05) is 7.11 Å². The molecule has 0 unspecified atom stereocenters. The van der Waals surface area contributed by atoms with Crippen LogP contribution in [-0.2, 0) is 6.61 Å². The third-order valence-electron chi connectivity index (χ3n) is 4.62. The lowest BCUT2D eigenvalue weighted by atomic mass is 10.1. The quantitative estimate of drug-likeness (QED) is 0.340. The van der Waals surface area contributed by atoms with Gasteiger partial charge in [-0.15, -0.1) is 0 Å². The van der Waals surface area contributed by atoms with Gasteiger partial charge in [0.2, 0.25) is 0 Å². The third kappa shape index (κ3) is 4.66. The molecule has 5 nitrogen and oxygen atoms in total. The van der Waals surface area contributed by atoms with Gasteiger partial charge in [0.1, 0.15) is 18.5 Å². The van der Waals surface area contributed by atoms with Gasteiger partial charge >= 0.3 is 0 Å². The molecule has 1 N–H and O–H groups in total. The molecule has 4 aromatic rings. The van der Waals surface area contributed by atoms with Crippen molar-refractivity contribution in [2.45, 2.75) is 6.61 Å². The van der Waals surface area contributed by atoms with E-state index in [4.69, 9.17) is 32.7 Å². The van der Waals surface area contributed by atoms with Crippen LogP contribution in [0, 0.1) is 11.3 Å². The third-order valence-corrected chi connectivity index (χ3v) is 5.16. The van der Waals surface area contributed by atoms with Crippen molar-refractivity contribution in [3.05, 3.63) is 87.7 Å². The Balaban J connectivity index is 1.63. The molecule has 31 heavy (non-hydrogen) atoms. The zero-order chi connectivity index (χ0) is 21.8. The van der Waals surface area contributed by atoms with Gasteiger partial charge in [-0.25, -0.2) is 4.98 Å². The molecule has 0 aliphatic heterocycles. The lowest BCUT2D eigenvalue weighted by molar-refractivity contribution is 0.284. The number of rotatable bonds is 6. The summed E-state index contributed by atoms with van der Waals surface area (Å²) in [7, 11) is 1.54. The maximum absolute atomic E-state index is 9.67. The Hall–Kier alpha value is -3.46. The number of allylic oxidation sites excluding steroid dienone is 1.